The van der Waals surface area contributed by atoms with E-state index in [0.717, 1.165) is 70.2 Å². The van der Waals surface area contributed by atoms with Crippen LogP contribution in [0.5, 0.6) is 0 Å². The maximum Gasteiger partial charge on any atom is 0.180 e. The first-order valence-corrected chi connectivity index (χ1v) is 17.2. The van der Waals surface area contributed by atoms with Crippen molar-refractivity contribution in [2.45, 2.75) is 0 Å². The standard InChI is InChI=1S/C43H25N5OS/c1-4-13-26(14-5-1)36-38-37(32-19-10-11-22-34(32)49-38)45-42(44-36)29-23-24-30-31-20-12-21-33(39(31)50-35(30)25-29)43-47-40(27-15-6-2-7-16-27)46-41(48-43)28-17-8-3-9-18-28/h1-25H. The van der Waals surface area contributed by atoms with Gasteiger partial charge in [0, 0.05) is 53.4 Å². The summed E-state index contributed by atoms with van der Waals surface area (Å²) in [6.07, 6.45) is 0. The van der Waals surface area contributed by atoms with E-state index in [1.807, 2.05) is 97.1 Å². The molecule has 0 spiro atoms. The number of hydrogen-bond acceptors (Lipinski definition) is 7. The molecular formula is C43H25N5OS. The Kier molecular flexibility index (Phi) is 6.57. The molecule has 0 unspecified atom stereocenters. The number of nitrogens with zero attached hydrogens (tertiary/aromatic N) is 5. The molecule has 0 atom stereocenters. The minimum atomic E-state index is 0.642. The van der Waals surface area contributed by atoms with Crippen LogP contribution in [0, 0.1) is 0 Å². The van der Waals surface area contributed by atoms with Gasteiger partial charge in [-0.25, -0.2) is 24.9 Å². The van der Waals surface area contributed by atoms with E-state index in [2.05, 4.69) is 54.6 Å². The Hall–Kier alpha value is -6.57. The Morgan fingerprint density at radius 2 is 1.02 bits per heavy atom. The molecule has 0 fully saturated rings. The molecule has 0 saturated carbocycles. The SMILES string of the molecule is c1ccc(-c2nc(-c3ccccc3)nc(-c3cccc4c3sc3cc(-c5nc(-c6ccccc6)c6oc7ccccc7c6n5)ccc34)n2)cc1. The Balaban J connectivity index is 1.15. The number of hydrogen-bond donors (Lipinski definition) is 0. The van der Waals surface area contributed by atoms with Gasteiger partial charge in [0.2, 0.25) is 0 Å². The fraction of sp³-hybridized carbons (Fsp3) is 0. The van der Waals surface area contributed by atoms with Gasteiger partial charge in [-0.3, -0.25) is 0 Å². The molecule has 6 nitrogen and oxygen atoms in total. The van der Waals surface area contributed by atoms with Gasteiger partial charge in [-0.05, 0) is 24.3 Å². The average Bonchev–Trinajstić information content (AvgIpc) is 3.76. The van der Waals surface area contributed by atoms with Crippen molar-refractivity contribution in [1.29, 1.82) is 0 Å². The maximum absolute atomic E-state index is 6.33. The second-order valence-electron chi connectivity index (χ2n) is 12.1. The summed E-state index contributed by atoms with van der Waals surface area (Å²) in [5.41, 5.74) is 7.84. The molecule has 0 aliphatic heterocycles. The van der Waals surface area contributed by atoms with Gasteiger partial charge in [0.25, 0.3) is 0 Å². The highest BCUT2D eigenvalue weighted by atomic mass is 32.1. The number of para-hydroxylation sites is 1. The highest BCUT2D eigenvalue weighted by Crippen LogP contribution is 2.42. The molecule has 4 heterocycles. The van der Waals surface area contributed by atoms with Crippen molar-refractivity contribution in [2.75, 3.05) is 0 Å². The van der Waals surface area contributed by atoms with Crippen LogP contribution in [0.15, 0.2) is 156 Å². The number of thiophene rings is 1. The first-order valence-electron chi connectivity index (χ1n) is 16.3. The van der Waals surface area contributed by atoms with Crippen LogP contribution < -0.4 is 0 Å². The summed E-state index contributed by atoms with van der Waals surface area (Å²) >= 11 is 1.73. The van der Waals surface area contributed by atoms with Gasteiger partial charge < -0.3 is 4.42 Å². The second-order valence-corrected chi connectivity index (χ2v) is 13.1. The van der Waals surface area contributed by atoms with Crippen molar-refractivity contribution in [1.82, 2.24) is 24.9 Å². The van der Waals surface area contributed by atoms with Gasteiger partial charge in [0.15, 0.2) is 28.9 Å². The molecule has 0 aliphatic carbocycles. The lowest BCUT2D eigenvalue weighted by Gasteiger charge is -2.09. The Labute approximate surface area is 290 Å². The van der Waals surface area contributed by atoms with Crippen molar-refractivity contribution in [3.05, 3.63) is 152 Å². The zero-order valence-electron chi connectivity index (χ0n) is 26.5. The smallest absolute Gasteiger partial charge is 0.180 e. The van der Waals surface area contributed by atoms with Crippen LogP contribution in [0.1, 0.15) is 0 Å². The van der Waals surface area contributed by atoms with Crippen molar-refractivity contribution >= 4 is 53.6 Å². The van der Waals surface area contributed by atoms with E-state index in [1.54, 1.807) is 11.3 Å². The fourth-order valence-electron chi connectivity index (χ4n) is 6.55. The van der Waals surface area contributed by atoms with Crippen LogP contribution in [0.2, 0.25) is 0 Å². The fourth-order valence-corrected chi connectivity index (χ4v) is 7.81. The number of fused-ring (bicyclic) bond motifs is 6. The molecule has 6 aromatic carbocycles. The normalized spacial score (nSPS) is 11.6. The van der Waals surface area contributed by atoms with Gasteiger partial charge in [0.1, 0.15) is 16.8 Å². The van der Waals surface area contributed by atoms with Gasteiger partial charge >= 0.3 is 0 Å². The van der Waals surface area contributed by atoms with Crippen LogP contribution in [-0.2, 0) is 0 Å². The van der Waals surface area contributed by atoms with Crippen molar-refractivity contribution < 1.29 is 4.42 Å². The van der Waals surface area contributed by atoms with Crippen molar-refractivity contribution in [2.24, 2.45) is 0 Å². The molecule has 0 bridgehead atoms. The van der Waals surface area contributed by atoms with Crippen molar-refractivity contribution in [3.8, 4) is 56.8 Å². The molecule has 7 heteroatoms. The van der Waals surface area contributed by atoms with E-state index in [-0.39, 0.29) is 0 Å². The largest absolute Gasteiger partial charge is 0.452 e. The number of benzene rings is 6. The molecule has 234 valence electrons. The van der Waals surface area contributed by atoms with E-state index < -0.39 is 0 Å². The van der Waals surface area contributed by atoms with Gasteiger partial charge in [-0.2, -0.15) is 0 Å². The highest BCUT2D eigenvalue weighted by Gasteiger charge is 2.20. The van der Waals surface area contributed by atoms with Crippen molar-refractivity contribution in [3.63, 3.8) is 0 Å². The third-order valence-corrected chi connectivity index (χ3v) is 10.2. The molecule has 0 amide bonds. The average molecular weight is 660 g/mol. The summed E-state index contributed by atoms with van der Waals surface area (Å²) in [6, 6.07) is 51.2. The van der Waals surface area contributed by atoms with E-state index in [9.17, 15) is 0 Å². The maximum atomic E-state index is 6.33. The summed E-state index contributed by atoms with van der Waals surface area (Å²) in [4.78, 5) is 25.2. The van der Waals surface area contributed by atoms with Crippen LogP contribution in [0.4, 0.5) is 0 Å². The third-order valence-electron chi connectivity index (χ3n) is 8.96. The van der Waals surface area contributed by atoms with Crippen LogP contribution in [0.25, 0.3) is 99.1 Å². The van der Waals surface area contributed by atoms with Gasteiger partial charge in [-0.15, -0.1) is 11.3 Å². The summed E-state index contributed by atoms with van der Waals surface area (Å²) in [6.45, 7) is 0. The Morgan fingerprint density at radius 1 is 0.420 bits per heavy atom. The predicted molar refractivity (Wildman–Crippen MR) is 203 cm³/mol. The second kappa shape index (κ2) is 11.5. The summed E-state index contributed by atoms with van der Waals surface area (Å²) in [5.74, 6) is 2.58. The first-order chi connectivity index (χ1) is 24.8. The summed E-state index contributed by atoms with van der Waals surface area (Å²) in [5, 5.41) is 3.28. The number of aromatic nitrogens is 5. The predicted octanol–water partition coefficient (Wildman–Crippen LogP) is 11.3. The van der Waals surface area contributed by atoms with Crippen LogP contribution >= 0.6 is 11.3 Å². The van der Waals surface area contributed by atoms with E-state index in [0.29, 0.717) is 28.9 Å². The molecule has 0 aliphatic rings. The quantitative estimate of drug-likeness (QED) is 0.183. The summed E-state index contributed by atoms with van der Waals surface area (Å²) < 4.78 is 8.58. The molecule has 4 aromatic heterocycles. The molecule has 0 saturated heterocycles. The molecule has 0 N–H and O–H groups in total. The van der Waals surface area contributed by atoms with E-state index >= 15 is 0 Å². The third kappa shape index (κ3) is 4.75. The minimum Gasteiger partial charge on any atom is -0.452 e. The number of furan rings is 1. The molecule has 10 rings (SSSR count). The monoisotopic (exact) mass is 659 g/mol. The van der Waals surface area contributed by atoms with Crippen LogP contribution in [-0.4, -0.2) is 24.9 Å². The lowest BCUT2D eigenvalue weighted by molar-refractivity contribution is 0.667. The van der Waals surface area contributed by atoms with Gasteiger partial charge in [-0.1, -0.05) is 127 Å². The number of rotatable bonds is 5. The van der Waals surface area contributed by atoms with Crippen LogP contribution in [0.3, 0.4) is 0 Å². The summed E-state index contributed by atoms with van der Waals surface area (Å²) in [7, 11) is 0. The van der Waals surface area contributed by atoms with E-state index in [1.165, 1.54) is 0 Å². The molecular weight excluding hydrogens is 635 g/mol. The lowest BCUT2D eigenvalue weighted by atomic mass is 10.1. The highest BCUT2D eigenvalue weighted by molar-refractivity contribution is 7.26. The minimum absolute atomic E-state index is 0.642. The topological polar surface area (TPSA) is 77.6 Å². The first kappa shape index (κ1) is 28.4. The Morgan fingerprint density at radius 3 is 1.74 bits per heavy atom. The zero-order valence-corrected chi connectivity index (χ0v) is 27.3. The lowest BCUT2D eigenvalue weighted by Crippen LogP contribution is -2.00. The van der Waals surface area contributed by atoms with Gasteiger partial charge in [0.05, 0.1) is 0 Å². The molecule has 0 radical (unpaired) electrons. The molecule has 50 heavy (non-hydrogen) atoms. The molecule has 10 aromatic rings. The zero-order chi connectivity index (χ0) is 33.0. The van der Waals surface area contributed by atoms with E-state index in [4.69, 9.17) is 29.3 Å². The Bertz CT molecular complexity index is 2810.